The van der Waals surface area contributed by atoms with Gasteiger partial charge in [0.2, 0.25) is 23.5 Å². The van der Waals surface area contributed by atoms with Gasteiger partial charge in [-0.3, -0.25) is 39.0 Å². The standard InChI is InChI=1S/C39H46FN11O5/c1-23(2)51-29-18-32(43-31-8-11-41-39(44-31)49-12-9-26(56-3)10-13-49)42-19-27(29)37(46-51)48-16-14-47(15-17-48)20-25-5-4-24-21-50(28-6-7-33(54)45-38(28)55)36(30(53)22-52)34(24)35(25)40/h4-5,8,11,18-19,22-23,26,28,36H,6-7,9-10,12-17,20-21H2,1-3H3,(H,45,54,55)(H,41,42,43,44). The first-order valence-corrected chi connectivity index (χ1v) is 19.2. The molecule has 1 aromatic carbocycles. The molecule has 17 heteroatoms. The largest absolute Gasteiger partial charge is 0.381 e. The number of ketones is 1. The summed E-state index contributed by atoms with van der Waals surface area (Å²) in [5.74, 6) is 0.518. The minimum Gasteiger partial charge on any atom is -0.381 e. The van der Waals surface area contributed by atoms with Crippen molar-refractivity contribution in [3.8, 4) is 0 Å². The minimum atomic E-state index is -1.22. The third kappa shape index (κ3) is 7.21. The summed E-state index contributed by atoms with van der Waals surface area (Å²) in [5, 5.41) is 11.6. The second-order valence-electron chi connectivity index (χ2n) is 15.2. The smallest absolute Gasteiger partial charge is 0.243 e. The molecular weight excluding hydrogens is 721 g/mol. The third-order valence-electron chi connectivity index (χ3n) is 11.4. The number of nitrogens with one attached hydrogen (secondary N) is 2. The summed E-state index contributed by atoms with van der Waals surface area (Å²) in [6.07, 6.45) is 6.21. The summed E-state index contributed by atoms with van der Waals surface area (Å²) < 4.78 is 23.9. The van der Waals surface area contributed by atoms with Crippen LogP contribution in [0.3, 0.4) is 0 Å². The number of ether oxygens (including phenoxy) is 1. The van der Waals surface area contributed by atoms with Crippen molar-refractivity contribution in [3.63, 3.8) is 0 Å². The van der Waals surface area contributed by atoms with Crippen molar-refractivity contribution in [2.75, 3.05) is 61.5 Å². The number of fused-ring (bicyclic) bond motifs is 2. The van der Waals surface area contributed by atoms with Crippen LogP contribution in [0.5, 0.6) is 0 Å². The van der Waals surface area contributed by atoms with Crippen LogP contribution < -0.4 is 20.4 Å². The van der Waals surface area contributed by atoms with Crippen LogP contribution in [0, 0.1) is 5.82 Å². The van der Waals surface area contributed by atoms with Crippen molar-refractivity contribution >= 4 is 58.2 Å². The maximum atomic E-state index is 16.3. The number of carbonyl (C=O) groups excluding carboxylic acids is 4. The van der Waals surface area contributed by atoms with Gasteiger partial charge < -0.3 is 19.9 Å². The Balaban J connectivity index is 0.952. The van der Waals surface area contributed by atoms with Crippen LogP contribution in [0.1, 0.15) is 68.3 Å². The number of nitrogens with zero attached hydrogens (tertiary/aromatic N) is 9. The topological polar surface area (TPSA) is 171 Å². The average Bonchev–Trinajstić information content (AvgIpc) is 3.79. The molecule has 0 bridgehead atoms. The van der Waals surface area contributed by atoms with Gasteiger partial charge in [0.05, 0.1) is 23.0 Å². The lowest BCUT2D eigenvalue weighted by atomic mass is 9.96. The Hall–Kier alpha value is -5.39. The van der Waals surface area contributed by atoms with Crippen LogP contribution in [-0.4, -0.2) is 117 Å². The summed E-state index contributed by atoms with van der Waals surface area (Å²) in [6.45, 7) is 8.86. The second-order valence-corrected chi connectivity index (χ2v) is 15.2. The van der Waals surface area contributed by atoms with E-state index >= 15 is 4.39 Å². The lowest BCUT2D eigenvalue weighted by Gasteiger charge is -2.35. The molecule has 16 nitrogen and oxygen atoms in total. The van der Waals surface area contributed by atoms with E-state index in [2.05, 4.69) is 44.2 Å². The highest BCUT2D eigenvalue weighted by molar-refractivity contribution is 6.27. The van der Waals surface area contributed by atoms with Gasteiger partial charge in [-0.2, -0.15) is 10.1 Å². The number of pyridine rings is 1. The van der Waals surface area contributed by atoms with E-state index in [1.54, 1.807) is 30.3 Å². The van der Waals surface area contributed by atoms with Crippen LogP contribution in [0.15, 0.2) is 36.7 Å². The number of Topliss-reactive ketones (excluding diaryl/α,β-unsaturated/α-hetero) is 1. The van der Waals surface area contributed by atoms with Gasteiger partial charge in [-0.15, -0.1) is 0 Å². The Kier molecular flexibility index (Phi) is 10.5. The Morgan fingerprint density at radius 3 is 2.54 bits per heavy atom. The Morgan fingerprint density at radius 1 is 1.04 bits per heavy atom. The van der Waals surface area contributed by atoms with Gasteiger partial charge in [-0.1, -0.05) is 12.1 Å². The highest BCUT2D eigenvalue weighted by Crippen LogP contribution is 2.40. The number of aldehydes is 1. The molecule has 2 N–H and O–H groups in total. The number of piperazine rings is 1. The summed E-state index contributed by atoms with van der Waals surface area (Å²) in [7, 11) is 1.75. The lowest BCUT2D eigenvalue weighted by molar-refractivity contribution is -0.141. The maximum Gasteiger partial charge on any atom is 0.243 e. The number of amides is 2. The molecule has 4 aliphatic heterocycles. The predicted molar refractivity (Wildman–Crippen MR) is 205 cm³/mol. The zero-order valence-electron chi connectivity index (χ0n) is 31.8. The van der Waals surface area contributed by atoms with Crippen molar-refractivity contribution in [2.45, 2.75) is 76.8 Å². The fourth-order valence-corrected chi connectivity index (χ4v) is 8.41. The molecule has 8 rings (SSSR count). The highest BCUT2D eigenvalue weighted by Gasteiger charge is 2.45. The first-order chi connectivity index (χ1) is 27.1. The molecule has 2 unspecified atom stereocenters. The molecule has 0 saturated carbocycles. The number of methoxy groups -OCH3 is 1. The van der Waals surface area contributed by atoms with E-state index in [9.17, 15) is 19.2 Å². The van der Waals surface area contributed by atoms with Crippen molar-refractivity contribution in [1.82, 2.24) is 39.8 Å². The third-order valence-corrected chi connectivity index (χ3v) is 11.4. The minimum absolute atomic E-state index is 0.0899. The summed E-state index contributed by atoms with van der Waals surface area (Å²) in [6, 6.07) is 5.37. The molecule has 3 fully saturated rings. The van der Waals surface area contributed by atoms with Gasteiger partial charge >= 0.3 is 0 Å². The summed E-state index contributed by atoms with van der Waals surface area (Å²) in [4.78, 5) is 71.3. The molecule has 2 atom stereocenters. The Bertz CT molecular complexity index is 2160. The molecule has 0 radical (unpaired) electrons. The molecule has 3 aromatic heterocycles. The maximum absolute atomic E-state index is 16.3. The number of aromatic nitrogens is 5. The molecular formula is C39H46FN11O5. The number of piperidine rings is 2. The van der Waals surface area contributed by atoms with Gasteiger partial charge in [0, 0.05) is 102 Å². The number of carbonyl (C=O) groups is 4. The van der Waals surface area contributed by atoms with Gasteiger partial charge in [0.1, 0.15) is 23.5 Å². The van der Waals surface area contributed by atoms with Crippen molar-refractivity contribution in [1.29, 1.82) is 0 Å². The van der Waals surface area contributed by atoms with E-state index in [1.807, 2.05) is 23.0 Å². The number of anilines is 4. The molecule has 4 aromatic rings. The number of hydrogen-bond acceptors (Lipinski definition) is 14. The Morgan fingerprint density at radius 2 is 1.82 bits per heavy atom. The first-order valence-electron chi connectivity index (χ1n) is 19.2. The highest BCUT2D eigenvalue weighted by atomic mass is 19.1. The van der Waals surface area contributed by atoms with Gasteiger partial charge in [-0.25, -0.2) is 14.4 Å². The molecule has 294 valence electrons. The van der Waals surface area contributed by atoms with Crippen LogP contribution in [0.4, 0.5) is 27.8 Å². The number of halogens is 1. The SMILES string of the molecule is COC1CCN(c2nccc(Nc3cc4c(cn3)c(N3CCN(Cc5ccc6c(c5F)C(C(=O)C=O)N(C5CCC(=O)NC5=O)C6)CC3)nn4C(C)C)n2)CC1. The molecule has 56 heavy (non-hydrogen) atoms. The zero-order chi connectivity index (χ0) is 39.1. The van der Waals surface area contributed by atoms with Gasteiger partial charge in [0.25, 0.3) is 0 Å². The lowest BCUT2D eigenvalue weighted by Crippen LogP contribution is -2.52. The van der Waals surface area contributed by atoms with Crippen LogP contribution in [0.2, 0.25) is 0 Å². The number of hydrogen-bond donors (Lipinski definition) is 2. The molecule has 3 saturated heterocycles. The monoisotopic (exact) mass is 767 g/mol. The van der Waals surface area contributed by atoms with Gasteiger partial charge in [0.15, 0.2) is 12.1 Å². The fraction of sp³-hybridized carbons (Fsp3) is 0.487. The molecule has 4 aliphatic rings. The zero-order valence-corrected chi connectivity index (χ0v) is 31.8. The van der Waals surface area contributed by atoms with Crippen LogP contribution in [-0.2, 0) is 37.0 Å². The first kappa shape index (κ1) is 37.5. The van der Waals surface area contributed by atoms with E-state index in [1.165, 1.54) is 0 Å². The average molecular weight is 768 g/mol. The van der Waals surface area contributed by atoms with E-state index < -0.39 is 35.5 Å². The number of benzene rings is 1. The van der Waals surface area contributed by atoms with Gasteiger partial charge in [-0.05, 0) is 44.7 Å². The van der Waals surface area contributed by atoms with E-state index in [0.717, 1.165) is 42.7 Å². The van der Waals surface area contributed by atoms with E-state index in [0.29, 0.717) is 61.4 Å². The van der Waals surface area contributed by atoms with Crippen molar-refractivity contribution in [3.05, 3.63) is 59.2 Å². The fourth-order valence-electron chi connectivity index (χ4n) is 8.41. The quantitative estimate of drug-likeness (QED) is 0.130. The Labute approximate surface area is 323 Å². The molecule has 0 spiro atoms. The number of imide groups is 1. The normalized spacial score (nSPS) is 21.2. The van der Waals surface area contributed by atoms with Crippen LogP contribution in [0.25, 0.3) is 10.9 Å². The summed E-state index contributed by atoms with van der Waals surface area (Å²) in [5.41, 5.74) is 2.05. The molecule has 7 heterocycles. The van der Waals surface area contributed by atoms with Crippen molar-refractivity contribution in [2.24, 2.45) is 0 Å². The van der Waals surface area contributed by atoms with E-state index in [4.69, 9.17) is 19.8 Å². The summed E-state index contributed by atoms with van der Waals surface area (Å²) >= 11 is 0. The molecule has 0 aliphatic carbocycles. The predicted octanol–water partition coefficient (Wildman–Crippen LogP) is 3.05. The van der Waals surface area contributed by atoms with E-state index in [-0.39, 0.29) is 43.4 Å². The second kappa shape index (κ2) is 15.6. The molecule has 2 amide bonds. The van der Waals surface area contributed by atoms with Crippen LogP contribution >= 0.6 is 0 Å². The van der Waals surface area contributed by atoms with Crippen molar-refractivity contribution < 1.29 is 28.3 Å². The number of rotatable bonds is 11.